The van der Waals surface area contributed by atoms with Crippen molar-refractivity contribution in [3.63, 3.8) is 0 Å². The van der Waals surface area contributed by atoms with Crippen molar-refractivity contribution in [2.45, 2.75) is 6.42 Å². The van der Waals surface area contributed by atoms with Gasteiger partial charge in [-0.1, -0.05) is 0 Å². The Morgan fingerprint density at radius 3 is 2.71 bits per heavy atom. The zero-order valence-electron chi connectivity index (χ0n) is 4.52. The van der Waals surface area contributed by atoms with E-state index in [9.17, 15) is 0 Å². The Morgan fingerprint density at radius 1 is 1.57 bits per heavy atom. The molecule has 7 heavy (non-hydrogen) atoms. The lowest BCUT2D eigenvalue weighted by Gasteiger charge is -1.94. The molecule has 0 radical (unpaired) electrons. The van der Waals surface area contributed by atoms with Crippen LogP contribution < -0.4 is 5.73 Å². The number of hydrogen-bond donors (Lipinski definition) is 1. The highest BCUT2D eigenvalue weighted by Gasteiger charge is 1.79. The summed E-state index contributed by atoms with van der Waals surface area (Å²) in [6.45, 7) is 1.25. The van der Waals surface area contributed by atoms with Crippen LogP contribution in [0.15, 0.2) is 0 Å². The monoisotopic (exact) mass is 105 g/mol. The maximum Gasteiger partial charge on any atom is 0.0834 e. The summed E-state index contributed by atoms with van der Waals surface area (Å²) in [5.74, 6) is 0. The average Bonchev–Trinajstić information content (AvgIpc) is 1.69. The summed E-state index contributed by atoms with van der Waals surface area (Å²) in [4.78, 5) is 8.78. The van der Waals surface area contributed by atoms with Gasteiger partial charge in [0.1, 0.15) is 0 Å². The molecule has 0 heterocycles. The van der Waals surface area contributed by atoms with Crippen LogP contribution in [0.25, 0.3) is 0 Å². The molecule has 0 aliphatic carbocycles. The maximum absolute atomic E-state index is 5.13. The van der Waals surface area contributed by atoms with E-state index in [4.69, 9.17) is 5.73 Å². The lowest BCUT2D eigenvalue weighted by atomic mass is 10.5. The van der Waals surface area contributed by atoms with E-state index in [0.29, 0.717) is 13.2 Å². The van der Waals surface area contributed by atoms with Gasteiger partial charge in [0.2, 0.25) is 0 Å². The normalized spacial score (nSPS) is 9.43. The van der Waals surface area contributed by atoms with Gasteiger partial charge in [-0.15, -0.1) is 0 Å². The molecule has 0 aromatic carbocycles. The van der Waals surface area contributed by atoms with E-state index in [2.05, 4.69) is 9.78 Å². The topological polar surface area (TPSA) is 44.5 Å². The third-order valence-corrected chi connectivity index (χ3v) is 0.550. The molecule has 0 saturated heterocycles. The first kappa shape index (κ1) is 6.88. The second-order valence-corrected chi connectivity index (χ2v) is 1.13. The van der Waals surface area contributed by atoms with E-state index < -0.39 is 0 Å². The lowest BCUT2D eigenvalue weighted by molar-refractivity contribution is -0.272. The Hall–Kier alpha value is -0.120. The predicted octanol–water partition coefficient (Wildman–Crippen LogP) is -0.0868. The van der Waals surface area contributed by atoms with Crippen molar-refractivity contribution in [2.75, 3.05) is 20.3 Å². The van der Waals surface area contributed by atoms with Gasteiger partial charge in [0, 0.05) is 0 Å². The van der Waals surface area contributed by atoms with Crippen molar-refractivity contribution in [3.05, 3.63) is 0 Å². The first-order chi connectivity index (χ1) is 3.41. The Morgan fingerprint density at radius 2 is 2.29 bits per heavy atom. The summed E-state index contributed by atoms with van der Waals surface area (Å²) in [6.07, 6.45) is 0.855. The molecule has 0 bridgehead atoms. The zero-order valence-corrected chi connectivity index (χ0v) is 4.52. The fourth-order valence-electron chi connectivity index (χ4n) is 0.226. The van der Waals surface area contributed by atoms with E-state index in [1.54, 1.807) is 0 Å². The molecule has 3 nitrogen and oxygen atoms in total. The first-order valence-electron chi connectivity index (χ1n) is 2.27. The Balaban J connectivity index is 2.45. The molecule has 0 aromatic rings. The molecule has 0 fully saturated rings. The molecular formula is C4H11NO2. The molecule has 0 aromatic heterocycles. The first-order valence-corrected chi connectivity index (χ1v) is 2.27. The molecule has 0 aliphatic rings. The fraction of sp³-hybridized carbons (Fsp3) is 1.00. The highest BCUT2D eigenvalue weighted by molar-refractivity contribution is 4.30. The third-order valence-electron chi connectivity index (χ3n) is 0.550. The SMILES string of the molecule is COOCCCN. The van der Waals surface area contributed by atoms with E-state index >= 15 is 0 Å². The number of rotatable bonds is 4. The number of nitrogens with two attached hydrogens (primary N) is 1. The van der Waals surface area contributed by atoms with Crippen molar-refractivity contribution in [2.24, 2.45) is 5.73 Å². The van der Waals surface area contributed by atoms with Crippen LogP contribution in [0.4, 0.5) is 0 Å². The smallest absolute Gasteiger partial charge is 0.0834 e. The van der Waals surface area contributed by atoms with Gasteiger partial charge in [-0.2, -0.15) is 0 Å². The van der Waals surface area contributed by atoms with Crippen LogP contribution in [0.5, 0.6) is 0 Å². The van der Waals surface area contributed by atoms with Crippen molar-refractivity contribution in [3.8, 4) is 0 Å². The molecule has 0 aliphatic heterocycles. The molecule has 44 valence electrons. The van der Waals surface area contributed by atoms with E-state index in [0.717, 1.165) is 6.42 Å². The molecule has 0 spiro atoms. The van der Waals surface area contributed by atoms with Crippen molar-refractivity contribution in [1.82, 2.24) is 0 Å². The second-order valence-electron chi connectivity index (χ2n) is 1.13. The number of hydrogen-bond acceptors (Lipinski definition) is 3. The van der Waals surface area contributed by atoms with Gasteiger partial charge in [0.25, 0.3) is 0 Å². The summed E-state index contributed by atoms with van der Waals surface area (Å²) in [5.41, 5.74) is 5.13. The molecule has 0 unspecified atom stereocenters. The second kappa shape index (κ2) is 5.88. The summed E-state index contributed by atoms with van der Waals surface area (Å²) in [6, 6.07) is 0. The Labute approximate surface area is 43.3 Å². The zero-order chi connectivity index (χ0) is 5.54. The van der Waals surface area contributed by atoms with Crippen LogP contribution in [-0.4, -0.2) is 20.3 Å². The third kappa shape index (κ3) is 5.88. The van der Waals surface area contributed by atoms with Crippen LogP contribution in [0.3, 0.4) is 0 Å². The minimum atomic E-state index is 0.590. The van der Waals surface area contributed by atoms with Gasteiger partial charge in [-0.25, -0.2) is 9.78 Å². The molecule has 2 N–H and O–H groups in total. The highest BCUT2D eigenvalue weighted by Crippen LogP contribution is 1.76. The van der Waals surface area contributed by atoms with Crippen molar-refractivity contribution >= 4 is 0 Å². The largest absolute Gasteiger partial charge is 0.330 e. The van der Waals surface area contributed by atoms with E-state index in [1.165, 1.54) is 7.11 Å². The summed E-state index contributed by atoms with van der Waals surface area (Å²) in [5, 5.41) is 0. The summed E-state index contributed by atoms with van der Waals surface area (Å²) >= 11 is 0. The van der Waals surface area contributed by atoms with Crippen LogP contribution in [-0.2, 0) is 9.78 Å². The van der Waals surface area contributed by atoms with Crippen molar-refractivity contribution < 1.29 is 9.78 Å². The molecule has 0 amide bonds. The minimum absolute atomic E-state index is 0.590. The van der Waals surface area contributed by atoms with E-state index in [1.807, 2.05) is 0 Å². The van der Waals surface area contributed by atoms with Gasteiger partial charge >= 0.3 is 0 Å². The average molecular weight is 105 g/mol. The Kier molecular flexibility index (Phi) is 5.78. The van der Waals surface area contributed by atoms with Gasteiger partial charge in [-0.05, 0) is 13.0 Å². The predicted molar refractivity (Wildman–Crippen MR) is 26.6 cm³/mol. The quantitative estimate of drug-likeness (QED) is 0.309. The summed E-state index contributed by atoms with van der Waals surface area (Å²) < 4.78 is 0. The highest BCUT2D eigenvalue weighted by atomic mass is 17.2. The standard InChI is InChI=1S/C4H11NO2/c1-6-7-4-2-3-5/h2-5H2,1H3. The van der Waals surface area contributed by atoms with Gasteiger partial charge < -0.3 is 5.73 Å². The maximum atomic E-state index is 5.13. The summed E-state index contributed by atoms with van der Waals surface area (Å²) in [7, 11) is 1.48. The molecule has 0 rings (SSSR count). The van der Waals surface area contributed by atoms with Crippen LogP contribution >= 0.6 is 0 Å². The molecule has 0 atom stereocenters. The van der Waals surface area contributed by atoms with E-state index in [-0.39, 0.29) is 0 Å². The van der Waals surface area contributed by atoms with Gasteiger partial charge in [-0.3, -0.25) is 0 Å². The van der Waals surface area contributed by atoms with Crippen molar-refractivity contribution in [1.29, 1.82) is 0 Å². The molecular weight excluding hydrogens is 94.0 g/mol. The minimum Gasteiger partial charge on any atom is -0.330 e. The lowest BCUT2D eigenvalue weighted by Crippen LogP contribution is -2.03. The molecule has 3 heteroatoms. The van der Waals surface area contributed by atoms with Crippen LogP contribution in [0.1, 0.15) is 6.42 Å². The van der Waals surface area contributed by atoms with Crippen LogP contribution in [0, 0.1) is 0 Å². The fourth-order valence-corrected chi connectivity index (χ4v) is 0.226. The molecule has 0 saturated carbocycles. The van der Waals surface area contributed by atoms with Gasteiger partial charge in [0.15, 0.2) is 0 Å². The van der Waals surface area contributed by atoms with Crippen LogP contribution in [0.2, 0.25) is 0 Å². The van der Waals surface area contributed by atoms with Gasteiger partial charge in [0.05, 0.1) is 13.7 Å². The Bertz CT molecular complexity index is 28.9.